The van der Waals surface area contributed by atoms with Gasteiger partial charge in [-0.2, -0.15) is 0 Å². The molecule has 2 aromatic carbocycles. The second kappa shape index (κ2) is 5.33. The molecule has 0 aliphatic heterocycles. The number of H-pyrrole nitrogens is 1. The summed E-state index contributed by atoms with van der Waals surface area (Å²) < 4.78 is 3.89. The fraction of sp³-hybridized carbons (Fsp3) is 0.143. The molecule has 0 atom stereocenters. The van der Waals surface area contributed by atoms with E-state index in [4.69, 9.17) is 0 Å². The van der Waals surface area contributed by atoms with Crippen LogP contribution in [0.5, 0.6) is 0 Å². The molecule has 0 saturated heterocycles. The topological polar surface area (TPSA) is 55.6 Å². The Balaban J connectivity index is 1.88. The summed E-state index contributed by atoms with van der Waals surface area (Å²) >= 11 is 0. The van der Waals surface area contributed by atoms with Crippen molar-refractivity contribution in [2.24, 2.45) is 7.05 Å². The van der Waals surface area contributed by atoms with Gasteiger partial charge in [-0.3, -0.25) is 4.79 Å². The molecule has 3 heterocycles. The van der Waals surface area contributed by atoms with Crippen molar-refractivity contribution in [3.63, 3.8) is 0 Å². The van der Waals surface area contributed by atoms with E-state index in [0.717, 1.165) is 44.0 Å². The highest BCUT2D eigenvalue weighted by Crippen LogP contribution is 2.32. The molecule has 0 amide bonds. The lowest BCUT2D eigenvalue weighted by Gasteiger charge is -2.08. The Morgan fingerprint density at radius 2 is 1.88 bits per heavy atom. The Hall–Kier alpha value is -3.34. The maximum atomic E-state index is 13.3. The van der Waals surface area contributed by atoms with Crippen LogP contribution in [0.3, 0.4) is 0 Å². The highest BCUT2D eigenvalue weighted by molar-refractivity contribution is 6.20. The first-order valence-corrected chi connectivity index (χ1v) is 8.63. The van der Waals surface area contributed by atoms with Gasteiger partial charge in [-0.15, -0.1) is 0 Å². The summed E-state index contributed by atoms with van der Waals surface area (Å²) in [5.41, 5.74) is 4.10. The van der Waals surface area contributed by atoms with Gasteiger partial charge >= 0.3 is 0 Å². The van der Waals surface area contributed by atoms with E-state index in [-0.39, 0.29) is 5.56 Å². The molecule has 5 rings (SSSR count). The summed E-state index contributed by atoms with van der Waals surface area (Å²) in [7, 11) is 2.05. The van der Waals surface area contributed by atoms with Crippen LogP contribution in [-0.4, -0.2) is 19.1 Å². The largest absolute Gasteiger partial charge is 0.348 e. The molecule has 0 saturated carbocycles. The minimum absolute atomic E-state index is 0.0202. The molecule has 0 fully saturated rings. The van der Waals surface area contributed by atoms with Gasteiger partial charge in [0, 0.05) is 40.7 Å². The quantitative estimate of drug-likeness (QED) is 0.531. The van der Waals surface area contributed by atoms with Gasteiger partial charge in [0.15, 0.2) is 0 Å². The van der Waals surface area contributed by atoms with Crippen LogP contribution in [0, 0.1) is 6.92 Å². The van der Waals surface area contributed by atoms with Crippen molar-refractivity contribution in [3.05, 3.63) is 76.7 Å². The molecule has 3 aromatic heterocycles. The van der Waals surface area contributed by atoms with Crippen molar-refractivity contribution in [1.29, 1.82) is 0 Å². The van der Waals surface area contributed by atoms with Crippen LogP contribution in [0.1, 0.15) is 11.4 Å². The van der Waals surface area contributed by atoms with Crippen LogP contribution in [0.2, 0.25) is 0 Å². The third kappa shape index (κ3) is 1.97. The molecule has 0 spiro atoms. The van der Waals surface area contributed by atoms with Gasteiger partial charge in [0.25, 0.3) is 5.56 Å². The van der Waals surface area contributed by atoms with E-state index in [1.807, 2.05) is 44.4 Å². The van der Waals surface area contributed by atoms with E-state index < -0.39 is 0 Å². The van der Waals surface area contributed by atoms with Crippen LogP contribution in [0.4, 0.5) is 0 Å². The predicted molar refractivity (Wildman–Crippen MR) is 105 cm³/mol. The summed E-state index contributed by atoms with van der Waals surface area (Å²) in [5.74, 6) is 0. The summed E-state index contributed by atoms with van der Waals surface area (Å²) in [6.07, 6.45) is 3.52. The molecular formula is C21H18N4O. The maximum Gasteiger partial charge on any atom is 0.259 e. The van der Waals surface area contributed by atoms with E-state index in [9.17, 15) is 4.79 Å². The van der Waals surface area contributed by atoms with Crippen LogP contribution in [-0.2, 0) is 13.6 Å². The van der Waals surface area contributed by atoms with Gasteiger partial charge in [-0.1, -0.05) is 24.3 Å². The molecule has 0 bridgehead atoms. The van der Waals surface area contributed by atoms with Crippen molar-refractivity contribution in [2.75, 3.05) is 0 Å². The third-order valence-electron chi connectivity index (χ3n) is 5.27. The van der Waals surface area contributed by atoms with Crippen molar-refractivity contribution >= 4 is 32.6 Å². The molecule has 0 aliphatic carbocycles. The zero-order valence-corrected chi connectivity index (χ0v) is 14.7. The van der Waals surface area contributed by atoms with Gasteiger partial charge in [0.2, 0.25) is 0 Å². The first-order chi connectivity index (χ1) is 12.6. The van der Waals surface area contributed by atoms with Gasteiger partial charge in [-0.05, 0) is 30.5 Å². The minimum atomic E-state index is 0.0202. The summed E-state index contributed by atoms with van der Waals surface area (Å²) in [5, 5.41) is 3.88. The first-order valence-electron chi connectivity index (χ1n) is 8.63. The molecule has 5 aromatic rings. The van der Waals surface area contributed by atoms with Crippen molar-refractivity contribution in [2.45, 2.75) is 13.5 Å². The molecule has 5 nitrogen and oxygen atoms in total. The smallest absolute Gasteiger partial charge is 0.259 e. The maximum absolute atomic E-state index is 13.3. The number of benzene rings is 2. The number of hydrogen-bond donors (Lipinski definition) is 1. The van der Waals surface area contributed by atoms with Crippen LogP contribution >= 0.6 is 0 Å². The third-order valence-corrected chi connectivity index (χ3v) is 5.27. The molecule has 0 unspecified atom stereocenters. The standard InChI is InChI=1S/C21H18N4O/c1-13-16(23-12-22-13)11-25-10-9-14-7-8-18-20(19(14)21(25)26)15-5-3-4-6-17(15)24(18)2/h3-10,12H,11H2,1-2H3,(H,22,23). The fourth-order valence-corrected chi connectivity index (χ4v) is 3.85. The van der Waals surface area contributed by atoms with Gasteiger partial charge in [-0.25, -0.2) is 4.98 Å². The lowest BCUT2D eigenvalue weighted by Crippen LogP contribution is -2.20. The van der Waals surface area contributed by atoms with E-state index in [1.165, 1.54) is 0 Å². The Labute approximate surface area is 149 Å². The zero-order valence-electron chi connectivity index (χ0n) is 14.7. The second-order valence-electron chi connectivity index (χ2n) is 6.72. The van der Waals surface area contributed by atoms with Gasteiger partial charge in [0.1, 0.15) is 0 Å². The SMILES string of the molecule is Cc1[nH]cnc1Cn1ccc2ccc3c(c4ccccc4n3C)c2c1=O. The van der Waals surface area contributed by atoms with Gasteiger partial charge < -0.3 is 14.1 Å². The summed E-state index contributed by atoms with van der Waals surface area (Å²) in [4.78, 5) is 20.8. The molecule has 1 N–H and O–H groups in total. The number of aromatic amines is 1. The molecule has 0 radical (unpaired) electrons. The first kappa shape index (κ1) is 15.0. The van der Waals surface area contributed by atoms with Crippen molar-refractivity contribution < 1.29 is 0 Å². The van der Waals surface area contributed by atoms with Crippen LogP contribution in [0.25, 0.3) is 32.6 Å². The van der Waals surface area contributed by atoms with E-state index >= 15 is 0 Å². The fourth-order valence-electron chi connectivity index (χ4n) is 3.85. The minimum Gasteiger partial charge on any atom is -0.348 e. The second-order valence-corrected chi connectivity index (χ2v) is 6.72. The van der Waals surface area contributed by atoms with Crippen molar-refractivity contribution in [3.8, 4) is 0 Å². The number of para-hydroxylation sites is 1. The average molecular weight is 342 g/mol. The summed E-state index contributed by atoms with van der Waals surface area (Å²) in [6, 6.07) is 14.4. The van der Waals surface area contributed by atoms with Crippen LogP contribution in [0.15, 0.2) is 59.8 Å². The monoisotopic (exact) mass is 342 g/mol. The number of nitrogens with one attached hydrogen (secondary N) is 1. The Bertz CT molecular complexity index is 1350. The zero-order chi connectivity index (χ0) is 17.8. The number of pyridine rings is 1. The number of imidazole rings is 1. The van der Waals surface area contributed by atoms with Crippen LogP contribution < -0.4 is 5.56 Å². The number of fused-ring (bicyclic) bond motifs is 5. The molecule has 5 heteroatoms. The number of hydrogen-bond acceptors (Lipinski definition) is 2. The molecule has 26 heavy (non-hydrogen) atoms. The van der Waals surface area contributed by atoms with E-state index in [1.54, 1.807) is 10.9 Å². The van der Waals surface area contributed by atoms with E-state index in [2.05, 4.69) is 32.7 Å². The average Bonchev–Trinajstić information content (AvgIpc) is 3.19. The highest BCUT2D eigenvalue weighted by atomic mass is 16.1. The Kier molecular flexibility index (Phi) is 3.06. The van der Waals surface area contributed by atoms with E-state index in [0.29, 0.717) is 6.54 Å². The molecule has 0 aliphatic rings. The van der Waals surface area contributed by atoms with Crippen molar-refractivity contribution in [1.82, 2.24) is 19.1 Å². The molecule has 128 valence electrons. The predicted octanol–water partition coefficient (Wildman–Crippen LogP) is 3.73. The number of aryl methyl sites for hydroxylation is 2. The number of aromatic nitrogens is 4. The lowest BCUT2D eigenvalue weighted by molar-refractivity contribution is 0.747. The molecular weight excluding hydrogens is 324 g/mol. The summed E-state index contributed by atoms with van der Waals surface area (Å²) in [6.45, 7) is 2.43. The Morgan fingerprint density at radius 3 is 2.69 bits per heavy atom. The number of rotatable bonds is 2. The van der Waals surface area contributed by atoms with Gasteiger partial charge in [0.05, 0.1) is 24.0 Å². The normalized spacial score (nSPS) is 11.8. The Morgan fingerprint density at radius 1 is 1.04 bits per heavy atom. The number of nitrogens with zero attached hydrogens (tertiary/aromatic N) is 3. The highest BCUT2D eigenvalue weighted by Gasteiger charge is 2.15. The lowest BCUT2D eigenvalue weighted by atomic mass is 10.1.